The van der Waals surface area contributed by atoms with E-state index in [0.717, 1.165) is 6.07 Å². The smallest absolute Gasteiger partial charge is 0.247 e. The third-order valence-electron chi connectivity index (χ3n) is 4.17. The quantitative estimate of drug-likeness (QED) is 0.563. The minimum Gasteiger partial charge on any atom is -0.309 e. The highest BCUT2D eigenvalue weighted by atomic mass is 19.2. The zero-order valence-corrected chi connectivity index (χ0v) is 15.4. The van der Waals surface area contributed by atoms with E-state index in [-0.39, 0.29) is 18.0 Å². The average Bonchev–Trinajstić information content (AvgIpc) is 3.31. The topological polar surface area (TPSA) is 77.6 Å². The molecule has 0 radical (unpaired) electrons. The second kappa shape index (κ2) is 7.63. The van der Waals surface area contributed by atoms with Gasteiger partial charge in [0.1, 0.15) is 12.4 Å². The molecule has 0 saturated heterocycles. The first-order chi connectivity index (χ1) is 14.0. The summed E-state index contributed by atoms with van der Waals surface area (Å²) >= 11 is 0. The Hall–Kier alpha value is -3.88. The van der Waals surface area contributed by atoms with E-state index in [1.165, 1.54) is 33.9 Å². The number of hydrogen-bond donors (Lipinski definition) is 1. The summed E-state index contributed by atoms with van der Waals surface area (Å²) in [5.74, 6) is -1.21. The first kappa shape index (κ1) is 18.5. The summed E-state index contributed by atoms with van der Waals surface area (Å²) in [6.45, 7) is 1.70. The van der Waals surface area contributed by atoms with Crippen LogP contribution in [0.5, 0.6) is 0 Å². The number of benzene rings is 1. The molecule has 3 aromatic heterocycles. The maximum Gasteiger partial charge on any atom is 0.247 e. The third kappa shape index (κ3) is 3.88. The van der Waals surface area contributed by atoms with E-state index in [2.05, 4.69) is 20.5 Å². The third-order valence-corrected chi connectivity index (χ3v) is 4.17. The molecule has 9 heteroatoms. The SMILES string of the molecule is Cc1cc(NC(=O)Cn2cc(-c3cccc(F)c3F)cn2)n(-c2ccccn2)n1. The molecule has 7 nitrogen and oxygen atoms in total. The van der Waals surface area contributed by atoms with E-state index < -0.39 is 11.6 Å². The van der Waals surface area contributed by atoms with Crippen LogP contribution in [0.3, 0.4) is 0 Å². The number of rotatable bonds is 5. The lowest BCUT2D eigenvalue weighted by atomic mass is 10.1. The lowest BCUT2D eigenvalue weighted by Gasteiger charge is -2.08. The average molecular weight is 394 g/mol. The molecule has 1 amide bonds. The highest BCUT2D eigenvalue weighted by Crippen LogP contribution is 2.24. The van der Waals surface area contributed by atoms with Crippen molar-refractivity contribution in [2.75, 3.05) is 5.32 Å². The monoisotopic (exact) mass is 394 g/mol. The standard InChI is InChI=1S/C20H16F2N6O/c1-13-9-18(28(26-13)17-7-2-3-8-23-17)25-19(29)12-27-11-14(10-24-27)15-5-4-6-16(21)20(15)22/h2-11H,12H2,1H3,(H,25,29). The van der Waals surface area contributed by atoms with Crippen molar-refractivity contribution in [1.29, 1.82) is 0 Å². The fourth-order valence-electron chi connectivity index (χ4n) is 2.89. The Morgan fingerprint density at radius 3 is 2.83 bits per heavy atom. The van der Waals surface area contributed by atoms with Crippen LogP contribution in [0.15, 0.2) is 61.1 Å². The molecule has 3 heterocycles. The zero-order valence-electron chi connectivity index (χ0n) is 15.4. The van der Waals surface area contributed by atoms with Gasteiger partial charge in [-0.3, -0.25) is 9.48 Å². The van der Waals surface area contributed by atoms with Crippen LogP contribution >= 0.6 is 0 Å². The Balaban J connectivity index is 1.51. The summed E-state index contributed by atoms with van der Waals surface area (Å²) in [6.07, 6.45) is 4.50. The molecule has 0 aliphatic rings. The molecular formula is C20H16F2N6O. The highest BCUT2D eigenvalue weighted by molar-refractivity contribution is 5.90. The maximum atomic E-state index is 13.9. The van der Waals surface area contributed by atoms with Crippen molar-refractivity contribution < 1.29 is 13.6 Å². The molecule has 0 fully saturated rings. The number of nitrogens with one attached hydrogen (secondary N) is 1. The van der Waals surface area contributed by atoms with Crippen molar-refractivity contribution in [3.05, 3.63) is 78.4 Å². The van der Waals surface area contributed by atoms with E-state index in [1.54, 1.807) is 24.4 Å². The molecule has 0 bridgehead atoms. The number of amides is 1. The number of aromatic nitrogens is 5. The van der Waals surface area contributed by atoms with Gasteiger partial charge in [0.25, 0.3) is 0 Å². The van der Waals surface area contributed by atoms with Crippen molar-refractivity contribution in [2.45, 2.75) is 13.5 Å². The minimum atomic E-state index is -0.953. The first-order valence-electron chi connectivity index (χ1n) is 8.76. The summed E-state index contributed by atoms with van der Waals surface area (Å²) in [4.78, 5) is 16.7. The Labute approximate surface area is 164 Å². The lowest BCUT2D eigenvalue weighted by molar-refractivity contribution is -0.116. The number of hydrogen-bond acceptors (Lipinski definition) is 4. The van der Waals surface area contributed by atoms with Gasteiger partial charge in [0.15, 0.2) is 17.5 Å². The van der Waals surface area contributed by atoms with Gasteiger partial charge in [-0.05, 0) is 25.1 Å². The van der Waals surface area contributed by atoms with Gasteiger partial charge < -0.3 is 5.32 Å². The predicted molar refractivity (Wildman–Crippen MR) is 102 cm³/mol. The predicted octanol–water partition coefficient (Wildman–Crippen LogP) is 3.36. The van der Waals surface area contributed by atoms with Gasteiger partial charge in [-0.2, -0.15) is 14.9 Å². The molecule has 0 saturated carbocycles. The summed E-state index contributed by atoms with van der Waals surface area (Å²) in [7, 11) is 0. The van der Waals surface area contributed by atoms with Gasteiger partial charge in [-0.15, -0.1) is 0 Å². The molecule has 0 atom stereocenters. The molecule has 0 spiro atoms. The van der Waals surface area contributed by atoms with Gasteiger partial charge in [0, 0.05) is 29.6 Å². The van der Waals surface area contributed by atoms with Crippen LogP contribution in [0.2, 0.25) is 0 Å². The molecule has 146 valence electrons. The van der Waals surface area contributed by atoms with Crippen molar-refractivity contribution >= 4 is 11.7 Å². The van der Waals surface area contributed by atoms with Crippen molar-refractivity contribution in [2.24, 2.45) is 0 Å². The number of anilines is 1. The number of aryl methyl sites for hydroxylation is 1. The van der Waals surface area contributed by atoms with Crippen LogP contribution in [-0.2, 0) is 11.3 Å². The van der Waals surface area contributed by atoms with Gasteiger partial charge in [0.2, 0.25) is 5.91 Å². The Morgan fingerprint density at radius 2 is 2.03 bits per heavy atom. The van der Waals surface area contributed by atoms with Crippen LogP contribution in [0.1, 0.15) is 5.69 Å². The van der Waals surface area contributed by atoms with E-state index in [0.29, 0.717) is 22.9 Å². The van der Waals surface area contributed by atoms with Crippen molar-refractivity contribution in [3.8, 4) is 16.9 Å². The van der Waals surface area contributed by atoms with Crippen LogP contribution in [0.25, 0.3) is 16.9 Å². The van der Waals surface area contributed by atoms with Crippen molar-refractivity contribution in [3.63, 3.8) is 0 Å². The molecule has 0 aliphatic carbocycles. The number of pyridine rings is 1. The molecule has 0 aliphatic heterocycles. The van der Waals surface area contributed by atoms with Crippen LogP contribution in [0.4, 0.5) is 14.6 Å². The second-order valence-corrected chi connectivity index (χ2v) is 6.35. The number of halogens is 2. The first-order valence-corrected chi connectivity index (χ1v) is 8.76. The van der Waals surface area contributed by atoms with Gasteiger partial charge in [0.05, 0.1) is 11.9 Å². The molecular weight excluding hydrogens is 378 g/mol. The van der Waals surface area contributed by atoms with Crippen LogP contribution < -0.4 is 5.32 Å². The largest absolute Gasteiger partial charge is 0.309 e. The van der Waals surface area contributed by atoms with E-state index in [4.69, 9.17) is 0 Å². The fraction of sp³-hybridized carbons (Fsp3) is 0.100. The summed E-state index contributed by atoms with van der Waals surface area (Å²) in [6, 6.07) is 11.0. The van der Waals surface area contributed by atoms with Crippen LogP contribution in [0, 0.1) is 18.6 Å². The Bertz CT molecular complexity index is 1170. The highest BCUT2D eigenvalue weighted by Gasteiger charge is 2.14. The lowest BCUT2D eigenvalue weighted by Crippen LogP contribution is -2.21. The Kier molecular flexibility index (Phi) is 4.86. The van der Waals surface area contributed by atoms with E-state index in [9.17, 15) is 13.6 Å². The molecule has 0 unspecified atom stereocenters. The van der Waals surface area contributed by atoms with Gasteiger partial charge >= 0.3 is 0 Å². The Morgan fingerprint density at radius 1 is 1.17 bits per heavy atom. The summed E-state index contributed by atoms with van der Waals surface area (Å²) < 4.78 is 30.3. The molecule has 1 N–H and O–H groups in total. The molecule has 1 aromatic carbocycles. The maximum absolute atomic E-state index is 13.9. The molecule has 29 heavy (non-hydrogen) atoms. The van der Waals surface area contributed by atoms with Gasteiger partial charge in [-0.25, -0.2) is 13.8 Å². The van der Waals surface area contributed by atoms with Gasteiger partial charge in [-0.1, -0.05) is 18.2 Å². The normalized spacial score (nSPS) is 10.9. The molecule has 4 rings (SSSR count). The summed E-state index contributed by atoms with van der Waals surface area (Å²) in [5.41, 5.74) is 1.18. The van der Waals surface area contributed by atoms with Crippen LogP contribution in [-0.4, -0.2) is 30.5 Å². The fourth-order valence-corrected chi connectivity index (χ4v) is 2.89. The zero-order chi connectivity index (χ0) is 20.4. The minimum absolute atomic E-state index is 0.0838. The van der Waals surface area contributed by atoms with E-state index in [1.807, 2.05) is 13.0 Å². The number of nitrogens with zero attached hydrogens (tertiary/aromatic N) is 5. The second-order valence-electron chi connectivity index (χ2n) is 6.35. The molecule has 4 aromatic rings. The number of carbonyl (C=O) groups is 1. The number of carbonyl (C=O) groups excluding carboxylic acids is 1. The summed E-state index contributed by atoms with van der Waals surface area (Å²) in [5, 5.41) is 11.2. The van der Waals surface area contributed by atoms with Crippen molar-refractivity contribution in [1.82, 2.24) is 24.5 Å². The van der Waals surface area contributed by atoms with E-state index >= 15 is 0 Å².